The molecule has 1 aromatic rings. The largest absolute Gasteiger partial charge is 0.480 e. The molecule has 0 bridgehead atoms. The lowest BCUT2D eigenvalue weighted by atomic mass is 10.1. The van der Waals surface area contributed by atoms with Crippen molar-refractivity contribution < 1.29 is 23.1 Å². The molecule has 1 unspecified atom stereocenters. The number of likely N-dealkylation sites (N-methyl/N-ethyl adjacent to an activating group) is 1. The standard InChI is InChI=1S/C14H20N2O5S/c1-4-8-22(20,21)15-12-7-5-6-11(9-12)13(17)16(3)10(2)14(18)19/h5-7,9-10,15H,4,8H2,1-3H3,(H,18,19). The number of anilines is 1. The van der Waals surface area contributed by atoms with Gasteiger partial charge in [0.25, 0.3) is 5.91 Å². The number of sulfonamides is 1. The van der Waals surface area contributed by atoms with Crippen molar-refractivity contribution in [3.63, 3.8) is 0 Å². The maximum atomic E-state index is 12.2. The smallest absolute Gasteiger partial charge is 0.326 e. The third-order valence-electron chi connectivity index (χ3n) is 3.11. The van der Waals surface area contributed by atoms with Crippen molar-refractivity contribution in [1.82, 2.24) is 4.90 Å². The first-order valence-corrected chi connectivity index (χ1v) is 8.43. The van der Waals surface area contributed by atoms with E-state index in [0.717, 1.165) is 4.90 Å². The summed E-state index contributed by atoms with van der Waals surface area (Å²) in [5.74, 6) is -1.62. The van der Waals surface area contributed by atoms with E-state index in [-0.39, 0.29) is 17.0 Å². The summed E-state index contributed by atoms with van der Waals surface area (Å²) in [4.78, 5) is 24.2. The topological polar surface area (TPSA) is 104 Å². The van der Waals surface area contributed by atoms with E-state index < -0.39 is 27.9 Å². The van der Waals surface area contributed by atoms with Gasteiger partial charge in [0, 0.05) is 18.3 Å². The molecule has 1 atom stereocenters. The fourth-order valence-electron chi connectivity index (χ4n) is 1.76. The molecule has 122 valence electrons. The molecule has 7 nitrogen and oxygen atoms in total. The number of hydrogen-bond donors (Lipinski definition) is 2. The van der Waals surface area contributed by atoms with E-state index in [4.69, 9.17) is 5.11 Å². The highest BCUT2D eigenvalue weighted by Crippen LogP contribution is 2.15. The van der Waals surface area contributed by atoms with Crippen molar-refractivity contribution in [2.24, 2.45) is 0 Å². The van der Waals surface area contributed by atoms with Gasteiger partial charge >= 0.3 is 5.97 Å². The van der Waals surface area contributed by atoms with Crippen LogP contribution in [0.2, 0.25) is 0 Å². The summed E-state index contributed by atoms with van der Waals surface area (Å²) in [5, 5.41) is 8.93. The molecule has 0 saturated carbocycles. The number of benzene rings is 1. The van der Waals surface area contributed by atoms with Crippen LogP contribution in [0.15, 0.2) is 24.3 Å². The predicted octanol–water partition coefficient (Wildman–Crippen LogP) is 1.38. The Morgan fingerprint density at radius 1 is 1.36 bits per heavy atom. The van der Waals surface area contributed by atoms with Gasteiger partial charge in [0.2, 0.25) is 10.0 Å². The minimum Gasteiger partial charge on any atom is -0.480 e. The summed E-state index contributed by atoms with van der Waals surface area (Å²) in [6.07, 6.45) is 0.479. The fraction of sp³-hybridized carbons (Fsp3) is 0.429. The lowest BCUT2D eigenvalue weighted by Crippen LogP contribution is -2.40. The maximum absolute atomic E-state index is 12.2. The number of rotatable bonds is 7. The number of hydrogen-bond acceptors (Lipinski definition) is 4. The molecule has 1 aromatic carbocycles. The maximum Gasteiger partial charge on any atom is 0.326 e. The van der Waals surface area contributed by atoms with Crippen LogP contribution in [-0.2, 0) is 14.8 Å². The van der Waals surface area contributed by atoms with Crippen LogP contribution in [0.5, 0.6) is 0 Å². The van der Waals surface area contributed by atoms with Crippen molar-refractivity contribution in [2.75, 3.05) is 17.5 Å². The SMILES string of the molecule is CCCS(=O)(=O)Nc1cccc(C(=O)N(C)C(C)C(=O)O)c1. The third-order valence-corrected chi connectivity index (χ3v) is 4.61. The van der Waals surface area contributed by atoms with Crippen LogP contribution in [0.4, 0.5) is 5.69 Å². The minimum absolute atomic E-state index is 0.0128. The van der Waals surface area contributed by atoms with Gasteiger partial charge in [-0.25, -0.2) is 13.2 Å². The molecule has 0 radical (unpaired) electrons. The van der Waals surface area contributed by atoms with Gasteiger partial charge in [-0.1, -0.05) is 13.0 Å². The Labute approximate surface area is 130 Å². The van der Waals surface area contributed by atoms with Crippen LogP contribution >= 0.6 is 0 Å². The van der Waals surface area contributed by atoms with Crippen LogP contribution < -0.4 is 4.72 Å². The third kappa shape index (κ3) is 4.73. The van der Waals surface area contributed by atoms with Gasteiger partial charge in [0.05, 0.1) is 5.75 Å². The quantitative estimate of drug-likeness (QED) is 0.787. The number of nitrogens with zero attached hydrogens (tertiary/aromatic N) is 1. The van der Waals surface area contributed by atoms with Crippen LogP contribution in [0.1, 0.15) is 30.6 Å². The minimum atomic E-state index is -3.45. The van der Waals surface area contributed by atoms with E-state index in [1.807, 2.05) is 0 Å². The first-order valence-electron chi connectivity index (χ1n) is 6.78. The fourth-order valence-corrected chi connectivity index (χ4v) is 2.89. The van der Waals surface area contributed by atoms with Crippen molar-refractivity contribution in [1.29, 1.82) is 0 Å². The molecule has 0 aliphatic carbocycles. The molecule has 1 amide bonds. The van der Waals surface area contributed by atoms with E-state index >= 15 is 0 Å². The van der Waals surface area contributed by atoms with E-state index in [1.165, 1.54) is 38.2 Å². The highest BCUT2D eigenvalue weighted by atomic mass is 32.2. The number of carbonyl (C=O) groups is 2. The molecule has 0 fully saturated rings. The molecule has 8 heteroatoms. The Hall–Kier alpha value is -2.09. The Morgan fingerprint density at radius 3 is 2.55 bits per heavy atom. The van der Waals surface area contributed by atoms with Gasteiger partial charge in [-0.3, -0.25) is 9.52 Å². The summed E-state index contributed by atoms with van der Waals surface area (Å²) in [6.45, 7) is 3.15. The first kappa shape index (κ1) is 18.0. The lowest BCUT2D eigenvalue weighted by Gasteiger charge is -2.21. The highest BCUT2D eigenvalue weighted by molar-refractivity contribution is 7.92. The number of amides is 1. The Morgan fingerprint density at radius 2 is 2.00 bits per heavy atom. The second-order valence-electron chi connectivity index (χ2n) is 4.93. The van der Waals surface area contributed by atoms with Gasteiger partial charge < -0.3 is 10.0 Å². The number of carbonyl (C=O) groups excluding carboxylic acids is 1. The summed E-state index contributed by atoms with van der Waals surface area (Å²) in [7, 11) is -2.06. The molecule has 0 aliphatic heterocycles. The second-order valence-corrected chi connectivity index (χ2v) is 6.77. The van der Waals surface area contributed by atoms with E-state index in [1.54, 1.807) is 6.92 Å². The van der Waals surface area contributed by atoms with Crippen LogP contribution in [0, 0.1) is 0 Å². The van der Waals surface area contributed by atoms with Crippen molar-refractivity contribution in [3.05, 3.63) is 29.8 Å². The Kier molecular flexibility index (Phi) is 5.92. The Bertz CT molecular complexity index is 657. The zero-order valence-electron chi connectivity index (χ0n) is 12.7. The monoisotopic (exact) mass is 328 g/mol. The predicted molar refractivity (Wildman–Crippen MR) is 83.3 cm³/mol. The zero-order chi connectivity index (χ0) is 16.9. The van der Waals surface area contributed by atoms with Crippen LogP contribution in [0.3, 0.4) is 0 Å². The molecule has 1 rings (SSSR count). The van der Waals surface area contributed by atoms with E-state index in [2.05, 4.69) is 4.72 Å². The number of carboxylic acids is 1. The molecular formula is C14H20N2O5S. The molecule has 0 aliphatic rings. The zero-order valence-corrected chi connectivity index (χ0v) is 13.6. The second kappa shape index (κ2) is 7.26. The summed E-state index contributed by atoms with van der Waals surface area (Å²) in [5.41, 5.74) is 0.489. The lowest BCUT2D eigenvalue weighted by molar-refractivity contribution is -0.141. The number of carboxylic acid groups (broad SMARTS) is 1. The Balaban J connectivity index is 2.97. The van der Waals surface area contributed by atoms with Gasteiger partial charge in [0.1, 0.15) is 6.04 Å². The summed E-state index contributed by atoms with van der Waals surface area (Å²) < 4.78 is 25.8. The van der Waals surface area contributed by atoms with Crippen molar-refractivity contribution in [2.45, 2.75) is 26.3 Å². The molecule has 0 spiro atoms. The molecule has 0 heterocycles. The van der Waals surface area contributed by atoms with E-state index in [9.17, 15) is 18.0 Å². The molecule has 0 saturated heterocycles. The average molecular weight is 328 g/mol. The van der Waals surface area contributed by atoms with Crippen LogP contribution in [-0.4, -0.2) is 49.1 Å². The number of nitrogens with one attached hydrogen (secondary N) is 1. The van der Waals surface area contributed by atoms with Crippen LogP contribution in [0.25, 0.3) is 0 Å². The molecule has 22 heavy (non-hydrogen) atoms. The van der Waals surface area contributed by atoms with Gasteiger partial charge in [-0.05, 0) is 31.5 Å². The van der Waals surface area contributed by atoms with E-state index in [0.29, 0.717) is 6.42 Å². The van der Waals surface area contributed by atoms with Crippen molar-refractivity contribution >= 4 is 27.6 Å². The molecule has 2 N–H and O–H groups in total. The van der Waals surface area contributed by atoms with Gasteiger partial charge in [-0.15, -0.1) is 0 Å². The number of aliphatic carboxylic acids is 1. The average Bonchev–Trinajstić information content (AvgIpc) is 2.44. The van der Waals surface area contributed by atoms with Crippen molar-refractivity contribution in [3.8, 4) is 0 Å². The normalized spacial score (nSPS) is 12.5. The summed E-state index contributed by atoms with van der Waals surface area (Å²) >= 11 is 0. The van der Waals surface area contributed by atoms with Gasteiger partial charge in [-0.2, -0.15) is 0 Å². The molecule has 0 aromatic heterocycles. The molecular weight excluding hydrogens is 308 g/mol. The summed E-state index contributed by atoms with van der Waals surface area (Å²) in [6, 6.07) is 4.99. The first-order chi connectivity index (χ1) is 10.2. The highest BCUT2D eigenvalue weighted by Gasteiger charge is 2.23. The van der Waals surface area contributed by atoms with Gasteiger partial charge in [0.15, 0.2) is 0 Å².